The number of pyridine rings is 1. The highest BCUT2D eigenvalue weighted by Gasteiger charge is 2.07. The number of nitrogens with zero attached hydrogens (tertiary/aromatic N) is 1. The maximum absolute atomic E-state index is 11.7. The van der Waals surface area contributed by atoms with Gasteiger partial charge in [0.1, 0.15) is 18.2 Å². The minimum atomic E-state index is -0.574. The van der Waals surface area contributed by atoms with Crippen molar-refractivity contribution < 1.29 is 14.3 Å². The molecule has 0 spiro atoms. The Morgan fingerprint density at radius 3 is 2.59 bits per heavy atom. The summed E-state index contributed by atoms with van der Waals surface area (Å²) in [6.45, 7) is 2.01. The number of anilines is 1. The van der Waals surface area contributed by atoms with Gasteiger partial charge < -0.3 is 4.74 Å². The Balaban J connectivity index is 1.88. The van der Waals surface area contributed by atoms with Crippen LogP contribution in [0.2, 0.25) is 0 Å². The smallest absolute Gasteiger partial charge is 0.413 e. The molecule has 0 aliphatic rings. The predicted molar refractivity (Wildman–Crippen MR) is 83.5 cm³/mol. The minimum absolute atomic E-state index is 0.108. The molecule has 0 saturated carbocycles. The molecular formula is C17H18N2O3. The standard InChI is InChI=1S/C17H18N2O3/c1-2-15(20)11-14-9-6-10-16(18-14)19-17(21)22-12-13-7-4-3-5-8-13/h3-10H,2,11-12H2,1H3,(H,18,19,21). The lowest BCUT2D eigenvalue weighted by atomic mass is 10.1. The van der Waals surface area contributed by atoms with Crippen LogP contribution in [0.25, 0.3) is 0 Å². The van der Waals surface area contributed by atoms with Crippen molar-refractivity contribution in [3.8, 4) is 0 Å². The Labute approximate surface area is 129 Å². The van der Waals surface area contributed by atoms with Crippen molar-refractivity contribution in [3.05, 3.63) is 59.8 Å². The largest absolute Gasteiger partial charge is 0.444 e. The van der Waals surface area contributed by atoms with E-state index in [9.17, 15) is 9.59 Å². The van der Waals surface area contributed by atoms with Crippen LogP contribution in [0.5, 0.6) is 0 Å². The molecule has 0 saturated heterocycles. The first-order valence-corrected chi connectivity index (χ1v) is 7.12. The third-order valence-electron chi connectivity index (χ3n) is 3.02. The van der Waals surface area contributed by atoms with Crippen molar-refractivity contribution in [1.29, 1.82) is 0 Å². The lowest BCUT2D eigenvalue weighted by Gasteiger charge is -2.07. The quantitative estimate of drug-likeness (QED) is 0.888. The summed E-state index contributed by atoms with van der Waals surface area (Å²) in [4.78, 5) is 27.4. The molecule has 5 nitrogen and oxygen atoms in total. The molecule has 0 aliphatic carbocycles. The van der Waals surface area contributed by atoms with Crippen LogP contribution in [0.3, 0.4) is 0 Å². The fraction of sp³-hybridized carbons (Fsp3) is 0.235. The fourth-order valence-electron chi connectivity index (χ4n) is 1.84. The maximum atomic E-state index is 11.7. The van der Waals surface area contributed by atoms with Gasteiger partial charge in [0.2, 0.25) is 0 Å². The van der Waals surface area contributed by atoms with Crippen LogP contribution in [0.1, 0.15) is 24.6 Å². The number of carbonyl (C=O) groups is 2. The summed E-state index contributed by atoms with van der Waals surface area (Å²) >= 11 is 0. The second kappa shape index (κ2) is 7.93. The van der Waals surface area contributed by atoms with Gasteiger partial charge in [-0.25, -0.2) is 9.78 Å². The van der Waals surface area contributed by atoms with E-state index in [4.69, 9.17) is 4.74 Å². The van der Waals surface area contributed by atoms with E-state index >= 15 is 0 Å². The lowest BCUT2D eigenvalue weighted by molar-refractivity contribution is -0.118. The first kappa shape index (κ1) is 15.7. The average molecular weight is 298 g/mol. The number of hydrogen-bond acceptors (Lipinski definition) is 4. The Morgan fingerprint density at radius 2 is 1.86 bits per heavy atom. The van der Waals surface area contributed by atoms with E-state index in [0.29, 0.717) is 17.9 Å². The van der Waals surface area contributed by atoms with Crippen molar-refractivity contribution in [1.82, 2.24) is 4.98 Å². The molecule has 0 bridgehead atoms. The lowest BCUT2D eigenvalue weighted by Crippen LogP contribution is -2.15. The summed E-state index contributed by atoms with van der Waals surface area (Å²) < 4.78 is 5.12. The molecule has 1 N–H and O–H groups in total. The molecule has 1 aromatic carbocycles. The van der Waals surface area contributed by atoms with Gasteiger partial charge in [0.05, 0.1) is 5.69 Å². The number of benzene rings is 1. The molecule has 22 heavy (non-hydrogen) atoms. The number of ketones is 1. The van der Waals surface area contributed by atoms with Crippen LogP contribution in [-0.4, -0.2) is 16.9 Å². The summed E-state index contributed by atoms with van der Waals surface area (Å²) in [5, 5.41) is 2.56. The Morgan fingerprint density at radius 1 is 1.09 bits per heavy atom. The number of rotatable bonds is 6. The molecule has 5 heteroatoms. The van der Waals surface area contributed by atoms with E-state index in [-0.39, 0.29) is 18.8 Å². The van der Waals surface area contributed by atoms with Crippen molar-refractivity contribution in [3.63, 3.8) is 0 Å². The first-order valence-electron chi connectivity index (χ1n) is 7.12. The number of aromatic nitrogens is 1. The van der Waals surface area contributed by atoms with Gasteiger partial charge in [-0.2, -0.15) is 0 Å². The van der Waals surface area contributed by atoms with E-state index in [1.165, 1.54) is 0 Å². The Bertz CT molecular complexity index is 641. The van der Waals surface area contributed by atoms with Gasteiger partial charge in [-0.3, -0.25) is 10.1 Å². The number of carbonyl (C=O) groups excluding carboxylic acids is 2. The Kier molecular flexibility index (Phi) is 5.65. The van der Waals surface area contributed by atoms with E-state index in [1.54, 1.807) is 18.2 Å². The van der Waals surface area contributed by atoms with Gasteiger partial charge in [0.25, 0.3) is 0 Å². The average Bonchev–Trinajstić information content (AvgIpc) is 2.54. The number of amides is 1. The third kappa shape index (κ3) is 5.01. The third-order valence-corrected chi connectivity index (χ3v) is 3.02. The molecule has 1 heterocycles. The number of hydrogen-bond donors (Lipinski definition) is 1. The van der Waals surface area contributed by atoms with Gasteiger partial charge in [-0.05, 0) is 17.7 Å². The minimum Gasteiger partial charge on any atom is -0.444 e. The molecule has 1 aromatic heterocycles. The zero-order chi connectivity index (χ0) is 15.8. The van der Waals surface area contributed by atoms with E-state index in [2.05, 4.69) is 10.3 Å². The Hall–Kier alpha value is -2.69. The summed E-state index contributed by atoms with van der Waals surface area (Å²) in [6, 6.07) is 14.6. The van der Waals surface area contributed by atoms with Crippen molar-refractivity contribution in [2.75, 3.05) is 5.32 Å². The zero-order valence-corrected chi connectivity index (χ0v) is 12.4. The van der Waals surface area contributed by atoms with Crippen LogP contribution >= 0.6 is 0 Å². The highest BCUT2D eigenvalue weighted by molar-refractivity contribution is 5.83. The number of ether oxygens (including phenoxy) is 1. The van der Waals surface area contributed by atoms with Crippen LogP contribution in [-0.2, 0) is 22.6 Å². The van der Waals surface area contributed by atoms with Gasteiger partial charge in [0.15, 0.2) is 0 Å². The highest BCUT2D eigenvalue weighted by atomic mass is 16.5. The predicted octanol–water partition coefficient (Wildman–Crippen LogP) is 3.35. The van der Waals surface area contributed by atoms with Gasteiger partial charge >= 0.3 is 6.09 Å². The second-order valence-corrected chi connectivity index (χ2v) is 4.77. The molecule has 114 valence electrons. The SMILES string of the molecule is CCC(=O)Cc1cccc(NC(=O)OCc2ccccc2)n1. The number of Topliss-reactive ketones (excluding diaryl/α,β-unsaturated/α-hetero) is 1. The van der Waals surface area contributed by atoms with E-state index < -0.39 is 6.09 Å². The first-order chi connectivity index (χ1) is 10.7. The molecule has 0 atom stereocenters. The molecule has 0 unspecified atom stereocenters. The molecule has 0 aliphatic heterocycles. The fourth-order valence-corrected chi connectivity index (χ4v) is 1.84. The monoisotopic (exact) mass is 298 g/mol. The molecule has 1 amide bonds. The summed E-state index contributed by atoms with van der Waals surface area (Å²) in [5.74, 6) is 0.482. The van der Waals surface area contributed by atoms with Gasteiger partial charge in [-0.15, -0.1) is 0 Å². The topological polar surface area (TPSA) is 68.3 Å². The summed E-state index contributed by atoms with van der Waals surface area (Å²) in [6.07, 6.45) is 0.166. The summed E-state index contributed by atoms with van der Waals surface area (Å²) in [5.41, 5.74) is 1.54. The van der Waals surface area contributed by atoms with Crippen LogP contribution < -0.4 is 5.32 Å². The normalized spacial score (nSPS) is 10.0. The second-order valence-electron chi connectivity index (χ2n) is 4.77. The summed E-state index contributed by atoms with van der Waals surface area (Å²) in [7, 11) is 0. The molecule has 2 aromatic rings. The zero-order valence-electron chi connectivity index (χ0n) is 12.4. The molecule has 2 rings (SSSR count). The highest BCUT2D eigenvalue weighted by Crippen LogP contribution is 2.08. The van der Waals surface area contributed by atoms with Crippen LogP contribution in [0.15, 0.2) is 48.5 Å². The van der Waals surface area contributed by atoms with Gasteiger partial charge in [0, 0.05) is 12.8 Å². The number of nitrogens with one attached hydrogen (secondary N) is 1. The van der Waals surface area contributed by atoms with Crippen LogP contribution in [0, 0.1) is 0 Å². The maximum Gasteiger partial charge on any atom is 0.413 e. The molecular weight excluding hydrogens is 280 g/mol. The van der Waals surface area contributed by atoms with Crippen molar-refractivity contribution in [2.45, 2.75) is 26.4 Å². The molecule has 0 fully saturated rings. The van der Waals surface area contributed by atoms with Gasteiger partial charge in [-0.1, -0.05) is 43.3 Å². The van der Waals surface area contributed by atoms with Crippen molar-refractivity contribution in [2.24, 2.45) is 0 Å². The van der Waals surface area contributed by atoms with E-state index in [1.807, 2.05) is 37.3 Å². The van der Waals surface area contributed by atoms with Crippen LogP contribution in [0.4, 0.5) is 10.6 Å². The van der Waals surface area contributed by atoms with E-state index in [0.717, 1.165) is 5.56 Å². The molecule has 0 radical (unpaired) electrons. The van der Waals surface area contributed by atoms with Crippen molar-refractivity contribution >= 4 is 17.7 Å².